The minimum absolute atomic E-state index is 0.106. The molecule has 1 unspecified atom stereocenters. The smallest absolute Gasteiger partial charge is 0.197 e. The lowest BCUT2D eigenvalue weighted by molar-refractivity contribution is 0.347. The number of benzene rings is 1. The lowest BCUT2D eigenvalue weighted by Crippen LogP contribution is -2.18. The van der Waals surface area contributed by atoms with E-state index in [1.807, 2.05) is 0 Å². The van der Waals surface area contributed by atoms with Crippen LogP contribution in [-0.4, -0.2) is 18.3 Å². The Balaban J connectivity index is 3.24. The maximum atomic E-state index is 13.7. The number of halogens is 1. The quantitative estimate of drug-likeness (QED) is 0.804. The number of hydrogen-bond acceptors (Lipinski definition) is 3. The SMILES string of the molecule is COc1c(O)c(C)cc(CC(C)N)c1F. The van der Waals surface area contributed by atoms with Crippen molar-refractivity contribution in [1.29, 1.82) is 0 Å². The van der Waals surface area contributed by atoms with E-state index in [9.17, 15) is 9.50 Å². The molecule has 0 aliphatic heterocycles. The highest BCUT2D eigenvalue weighted by atomic mass is 19.1. The normalized spacial score (nSPS) is 12.6. The Labute approximate surface area is 88.7 Å². The molecule has 0 saturated heterocycles. The van der Waals surface area contributed by atoms with Crippen molar-refractivity contribution in [2.75, 3.05) is 7.11 Å². The number of nitrogens with two attached hydrogens (primary N) is 1. The van der Waals surface area contributed by atoms with Gasteiger partial charge in [-0.25, -0.2) is 4.39 Å². The molecule has 0 saturated carbocycles. The molecule has 0 radical (unpaired) electrons. The van der Waals surface area contributed by atoms with Gasteiger partial charge in [0.15, 0.2) is 17.3 Å². The van der Waals surface area contributed by atoms with Crippen LogP contribution in [0, 0.1) is 12.7 Å². The zero-order valence-corrected chi connectivity index (χ0v) is 9.17. The third kappa shape index (κ3) is 2.39. The van der Waals surface area contributed by atoms with E-state index >= 15 is 0 Å². The van der Waals surface area contributed by atoms with E-state index in [2.05, 4.69) is 0 Å². The topological polar surface area (TPSA) is 55.5 Å². The van der Waals surface area contributed by atoms with Crippen LogP contribution in [0.4, 0.5) is 4.39 Å². The zero-order valence-electron chi connectivity index (χ0n) is 9.17. The highest BCUT2D eigenvalue weighted by Gasteiger charge is 2.17. The van der Waals surface area contributed by atoms with Gasteiger partial charge in [-0.1, -0.05) is 0 Å². The van der Waals surface area contributed by atoms with Crippen LogP contribution in [0.2, 0.25) is 0 Å². The van der Waals surface area contributed by atoms with E-state index in [1.165, 1.54) is 7.11 Å². The van der Waals surface area contributed by atoms with E-state index in [4.69, 9.17) is 10.5 Å². The summed E-state index contributed by atoms with van der Waals surface area (Å²) in [6, 6.07) is 1.46. The molecule has 0 aromatic heterocycles. The summed E-state index contributed by atoms with van der Waals surface area (Å²) in [6.45, 7) is 3.50. The molecule has 1 rings (SSSR count). The van der Waals surface area contributed by atoms with Gasteiger partial charge in [0.05, 0.1) is 7.11 Å². The van der Waals surface area contributed by atoms with Gasteiger partial charge in [0, 0.05) is 6.04 Å². The summed E-state index contributed by atoms with van der Waals surface area (Å²) in [5.41, 5.74) is 6.66. The number of phenolic OH excluding ortho intramolecular Hbond substituents is 1. The second kappa shape index (κ2) is 4.49. The summed E-state index contributed by atoms with van der Waals surface area (Å²) in [5, 5.41) is 9.54. The Kier molecular flexibility index (Phi) is 3.52. The van der Waals surface area contributed by atoms with Crippen molar-refractivity contribution in [3.63, 3.8) is 0 Å². The van der Waals surface area contributed by atoms with E-state index in [0.29, 0.717) is 17.5 Å². The molecule has 4 heteroatoms. The molecule has 0 bridgehead atoms. The fraction of sp³-hybridized carbons (Fsp3) is 0.455. The second-order valence-corrected chi connectivity index (χ2v) is 3.73. The maximum absolute atomic E-state index is 13.7. The van der Waals surface area contributed by atoms with Gasteiger partial charge >= 0.3 is 0 Å². The first-order chi connectivity index (χ1) is 6.97. The Morgan fingerprint density at radius 2 is 2.20 bits per heavy atom. The van der Waals surface area contributed by atoms with Gasteiger partial charge in [-0.3, -0.25) is 0 Å². The minimum Gasteiger partial charge on any atom is -0.504 e. The molecular weight excluding hydrogens is 197 g/mol. The number of hydrogen-bond donors (Lipinski definition) is 2. The molecule has 84 valence electrons. The first-order valence-electron chi connectivity index (χ1n) is 4.77. The van der Waals surface area contributed by atoms with Crippen molar-refractivity contribution in [3.05, 3.63) is 23.0 Å². The molecule has 3 nitrogen and oxygen atoms in total. The monoisotopic (exact) mass is 213 g/mol. The lowest BCUT2D eigenvalue weighted by atomic mass is 10.0. The number of phenols is 1. The largest absolute Gasteiger partial charge is 0.504 e. The van der Waals surface area contributed by atoms with E-state index < -0.39 is 5.82 Å². The highest BCUT2D eigenvalue weighted by Crippen LogP contribution is 2.34. The zero-order chi connectivity index (χ0) is 11.6. The van der Waals surface area contributed by atoms with Crippen LogP contribution in [0.25, 0.3) is 0 Å². The molecular formula is C11H16FNO2. The molecule has 15 heavy (non-hydrogen) atoms. The van der Waals surface area contributed by atoms with Crippen LogP contribution >= 0.6 is 0 Å². The van der Waals surface area contributed by atoms with Gasteiger partial charge in [0.2, 0.25) is 0 Å². The summed E-state index contributed by atoms with van der Waals surface area (Å²) in [5.74, 6) is -0.785. The summed E-state index contributed by atoms with van der Waals surface area (Å²) in [6.07, 6.45) is 0.420. The van der Waals surface area contributed by atoms with Crippen molar-refractivity contribution in [1.82, 2.24) is 0 Å². The number of rotatable bonds is 3. The van der Waals surface area contributed by atoms with Crippen LogP contribution in [0.3, 0.4) is 0 Å². The van der Waals surface area contributed by atoms with Crippen molar-refractivity contribution in [3.8, 4) is 11.5 Å². The van der Waals surface area contributed by atoms with Crippen LogP contribution in [0.1, 0.15) is 18.1 Å². The maximum Gasteiger partial charge on any atom is 0.197 e. The highest BCUT2D eigenvalue weighted by molar-refractivity contribution is 5.49. The molecule has 1 aromatic rings. The molecule has 0 aliphatic carbocycles. The third-order valence-electron chi connectivity index (χ3n) is 2.21. The third-order valence-corrected chi connectivity index (χ3v) is 2.21. The van der Waals surface area contributed by atoms with Gasteiger partial charge in [-0.05, 0) is 37.5 Å². The number of aromatic hydroxyl groups is 1. The van der Waals surface area contributed by atoms with Gasteiger partial charge in [-0.15, -0.1) is 0 Å². The van der Waals surface area contributed by atoms with Crippen molar-refractivity contribution < 1.29 is 14.2 Å². The van der Waals surface area contributed by atoms with E-state index in [0.717, 1.165) is 0 Å². The predicted octanol–water partition coefficient (Wildman–Crippen LogP) is 1.74. The molecule has 1 atom stereocenters. The molecule has 3 N–H and O–H groups in total. The fourth-order valence-electron chi connectivity index (χ4n) is 1.50. The summed E-state index contributed by atoms with van der Waals surface area (Å²) in [7, 11) is 1.33. The van der Waals surface area contributed by atoms with E-state index in [1.54, 1.807) is 19.9 Å². The standard InChI is InChI=1S/C11H16FNO2/c1-6-4-8(5-7(2)13)9(12)11(15-3)10(6)14/h4,7,14H,5,13H2,1-3H3. The van der Waals surface area contributed by atoms with Gasteiger partial charge < -0.3 is 15.6 Å². The summed E-state index contributed by atoms with van der Waals surface area (Å²) in [4.78, 5) is 0. The number of aryl methyl sites for hydroxylation is 1. The molecule has 0 heterocycles. The number of methoxy groups -OCH3 is 1. The Morgan fingerprint density at radius 1 is 1.60 bits per heavy atom. The van der Waals surface area contributed by atoms with Crippen LogP contribution < -0.4 is 10.5 Å². The molecule has 1 aromatic carbocycles. The Hall–Kier alpha value is -1.29. The molecule has 0 amide bonds. The fourth-order valence-corrected chi connectivity index (χ4v) is 1.50. The van der Waals surface area contributed by atoms with Gasteiger partial charge in [0.25, 0.3) is 0 Å². The van der Waals surface area contributed by atoms with Crippen molar-refractivity contribution in [2.24, 2.45) is 5.73 Å². The van der Waals surface area contributed by atoms with Crippen molar-refractivity contribution >= 4 is 0 Å². The Morgan fingerprint density at radius 3 is 2.67 bits per heavy atom. The molecule has 0 fully saturated rings. The van der Waals surface area contributed by atoms with Crippen LogP contribution in [0.5, 0.6) is 11.5 Å². The average molecular weight is 213 g/mol. The summed E-state index contributed by atoms with van der Waals surface area (Å²) < 4.78 is 18.5. The minimum atomic E-state index is -0.530. The van der Waals surface area contributed by atoms with Crippen LogP contribution in [0.15, 0.2) is 6.07 Å². The first-order valence-corrected chi connectivity index (χ1v) is 4.77. The average Bonchev–Trinajstić information content (AvgIpc) is 2.14. The first kappa shape index (κ1) is 11.8. The molecule has 0 aliphatic rings. The van der Waals surface area contributed by atoms with E-state index in [-0.39, 0.29) is 17.5 Å². The van der Waals surface area contributed by atoms with Crippen molar-refractivity contribution in [2.45, 2.75) is 26.3 Å². The van der Waals surface area contributed by atoms with Gasteiger partial charge in [0.1, 0.15) is 0 Å². The second-order valence-electron chi connectivity index (χ2n) is 3.73. The summed E-state index contributed by atoms with van der Waals surface area (Å²) >= 11 is 0. The van der Waals surface area contributed by atoms with Gasteiger partial charge in [-0.2, -0.15) is 0 Å². The predicted molar refractivity (Wildman–Crippen MR) is 56.7 cm³/mol. The lowest BCUT2D eigenvalue weighted by Gasteiger charge is -2.13. The molecule has 0 spiro atoms. The van der Waals surface area contributed by atoms with Crippen LogP contribution in [-0.2, 0) is 6.42 Å². The number of ether oxygens (including phenoxy) is 1. The Bertz CT molecular complexity index is 364.